The maximum absolute atomic E-state index is 13.0. The van der Waals surface area contributed by atoms with Crippen LogP contribution in [0, 0.1) is 0 Å². The van der Waals surface area contributed by atoms with Crippen LogP contribution < -0.4 is 16.4 Å². The van der Waals surface area contributed by atoms with Gasteiger partial charge in [-0.1, -0.05) is 24.3 Å². The number of hydrogen-bond donors (Lipinski definition) is 3. The fourth-order valence-electron chi connectivity index (χ4n) is 3.28. The van der Waals surface area contributed by atoms with E-state index >= 15 is 0 Å². The number of thiocarbonyl (C=S) groups is 1. The summed E-state index contributed by atoms with van der Waals surface area (Å²) in [5.74, 6) is 0.151. The molecule has 0 aliphatic rings. The van der Waals surface area contributed by atoms with Gasteiger partial charge in [-0.15, -0.1) is 0 Å². The van der Waals surface area contributed by atoms with E-state index in [0.717, 1.165) is 16.5 Å². The van der Waals surface area contributed by atoms with E-state index in [2.05, 4.69) is 20.6 Å². The maximum atomic E-state index is 13.0. The van der Waals surface area contributed by atoms with Gasteiger partial charge in [0, 0.05) is 23.0 Å². The number of rotatable bonds is 3. The molecule has 4 rings (SSSR count). The predicted octanol–water partition coefficient (Wildman–Crippen LogP) is 6.73. The normalized spacial score (nSPS) is 11.9. The summed E-state index contributed by atoms with van der Waals surface area (Å²) in [6.07, 6.45) is -8.29. The van der Waals surface area contributed by atoms with E-state index in [4.69, 9.17) is 18.0 Å². The lowest BCUT2D eigenvalue weighted by Crippen LogP contribution is -2.20. The van der Waals surface area contributed by atoms with Gasteiger partial charge in [-0.3, -0.25) is 0 Å². The number of halogens is 6. The van der Waals surface area contributed by atoms with Crippen molar-refractivity contribution >= 4 is 45.6 Å². The van der Waals surface area contributed by atoms with Crippen molar-refractivity contribution in [1.82, 2.24) is 9.97 Å². The zero-order chi connectivity index (χ0) is 25.4. The predicted molar refractivity (Wildman–Crippen MR) is 126 cm³/mol. The fourth-order valence-corrected chi connectivity index (χ4v) is 3.52. The Bertz CT molecular complexity index is 1370. The first-order chi connectivity index (χ1) is 16.4. The molecule has 12 heteroatoms. The largest absolute Gasteiger partial charge is 0.416 e. The van der Waals surface area contributed by atoms with Gasteiger partial charge in [0.25, 0.3) is 0 Å². The Hall–Kier alpha value is -3.93. The van der Waals surface area contributed by atoms with Crippen LogP contribution in [0.2, 0.25) is 0 Å². The number of nitrogens with zero attached hydrogens (tertiary/aromatic N) is 2. The van der Waals surface area contributed by atoms with Crippen molar-refractivity contribution in [1.29, 1.82) is 0 Å². The zero-order valence-electron chi connectivity index (χ0n) is 17.5. The second-order valence-corrected chi connectivity index (χ2v) is 7.86. The third-order valence-electron chi connectivity index (χ3n) is 4.92. The number of nitrogen functional groups attached to an aromatic ring is 1. The molecule has 0 amide bonds. The highest BCUT2D eigenvalue weighted by Gasteiger charge is 2.37. The Labute approximate surface area is 200 Å². The number of anilines is 3. The zero-order valence-corrected chi connectivity index (χ0v) is 18.3. The molecular weight excluding hydrogens is 492 g/mol. The Morgan fingerprint density at radius 1 is 0.743 bits per heavy atom. The van der Waals surface area contributed by atoms with Crippen molar-refractivity contribution in [3.63, 3.8) is 0 Å². The maximum Gasteiger partial charge on any atom is 0.416 e. The van der Waals surface area contributed by atoms with Crippen LogP contribution in [0.15, 0.2) is 66.9 Å². The number of benzene rings is 3. The van der Waals surface area contributed by atoms with Crippen LogP contribution >= 0.6 is 12.2 Å². The van der Waals surface area contributed by atoms with Crippen molar-refractivity contribution in [2.24, 2.45) is 0 Å². The van der Waals surface area contributed by atoms with E-state index in [9.17, 15) is 26.3 Å². The number of nitrogens with one attached hydrogen (secondary N) is 2. The topological polar surface area (TPSA) is 75.9 Å². The molecule has 0 spiro atoms. The van der Waals surface area contributed by atoms with Gasteiger partial charge in [0.05, 0.1) is 16.6 Å². The molecule has 0 bridgehead atoms. The third-order valence-corrected chi connectivity index (χ3v) is 5.13. The van der Waals surface area contributed by atoms with Crippen molar-refractivity contribution in [2.45, 2.75) is 12.4 Å². The van der Waals surface area contributed by atoms with Crippen molar-refractivity contribution in [3.8, 4) is 11.1 Å². The molecule has 0 atom stereocenters. The van der Waals surface area contributed by atoms with Gasteiger partial charge in [0.15, 0.2) is 5.11 Å². The molecule has 0 radical (unpaired) electrons. The third kappa shape index (κ3) is 5.77. The highest BCUT2D eigenvalue weighted by atomic mass is 32.1. The lowest BCUT2D eigenvalue weighted by molar-refractivity contribution is -0.143. The summed E-state index contributed by atoms with van der Waals surface area (Å²) in [5, 5.41) is 5.77. The Balaban J connectivity index is 1.50. The smallest absolute Gasteiger partial charge is 0.368 e. The second-order valence-electron chi connectivity index (χ2n) is 7.45. The minimum Gasteiger partial charge on any atom is -0.368 e. The summed E-state index contributed by atoms with van der Waals surface area (Å²) >= 11 is 5.07. The summed E-state index contributed by atoms with van der Waals surface area (Å²) in [6.45, 7) is 0. The van der Waals surface area contributed by atoms with Gasteiger partial charge >= 0.3 is 12.4 Å². The Kier molecular flexibility index (Phi) is 6.24. The molecular formula is C23H15F6N5S. The van der Waals surface area contributed by atoms with Crippen LogP contribution in [-0.4, -0.2) is 15.1 Å². The summed E-state index contributed by atoms with van der Waals surface area (Å²) in [4.78, 5) is 8.13. The van der Waals surface area contributed by atoms with Crippen LogP contribution in [-0.2, 0) is 12.4 Å². The number of hydrogen-bond acceptors (Lipinski definition) is 4. The van der Waals surface area contributed by atoms with Crippen molar-refractivity contribution in [3.05, 3.63) is 78.0 Å². The minimum atomic E-state index is -4.96. The lowest BCUT2D eigenvalue weighted by Gasteiger charge is -2.16. The van der Waals surface area contributed by atoms with E-state index < -0.39 is 29.2 Å². The van der Waals surface area contributed by atoms with E-state index in [-0.39, 0.29) is 17.1 Å². The van der Waals surface area contributed by atoms with Crippen LogP contribution in [0.25, 0.3) is 22.0 Å². The summed E-state index contributed by atoms with van der Waals surface area (Å²) in [6, 6.07) is 13.6. The van der Waals surface area contributed by atoms with Crippen molar-refractivity contribution in [2.75, 3.05) is 16.4 Å². The molecule has 0 aliphatic heterocycles. The van der Waals surface area contributed by atoms with Gasteiger partial charge < -0.3 is 16.4 Å². The van der Waals surface area contributed by atoms with Gasteiger partial charge in [-0.05, 0) is 59.7 Å². The molecule has 0 aliphatic carbocycles. The monoisotopic (exact) mass is 507 g/mol. The standard InChI is InChI=1S/C23H15F6N5S/c24-22(25,26)15-8-16(23(27,28)29)10-18(9-15)33-21(35)32-17-5-3-12(4-6-17)13-1-2-14-11-31-20(30)34-19(14)7-13/h1-11H,(H2,30,31,34)(H2,32,33,35). The van der Waals surface area contributed by atoms with E-state index in [1.165, 1.54) is 0 Å². The SMILES string of the molecule is Nc1ncc2ccc(-c3ccc(NC(=S)Nc4cc(C(F)(F)F)cc(C(F)(F)F)c4)cc3)cc2n1. The van der Waals surface area contributed by atoms with Gasteiger partial charge in [0.2, 0.25) is 5.95 Å². The summed E-state index contributed by atoms with van der Waals surface area (Å²) in [7, 11) is 0. The Morgan fingerprint density at radius 2 is 1.31 bits per heavy atom. The van der Waals surface area contributed by atoms with Crippen LogP contribution in [0.4, 0.5) is 43.7 Å². The molecule has 1 aromatic heterocycles. The van der Waals surface area contributed by atoms with Crippen LogP contribution in [0.1, 0.15) is 11.1 Å². The molecule has 4 N–H and O–H groups in total. The Morgan fingerprint density at radius 3 is 1.91 bits per heavy atom. The number of nitrogens with two attached hydrogens (primary N) is 1. The average Bonchev–Trinajstić information content (AvgIpc) is 2.77. The molecule has 180 valence electrons. The first-order valence-corrected chi connectivity index (χ1v) is 10.3. The molecule has 1 heterocycles. The molecule has 4 aromatic rings. The van der Waals surface area contributed by atoms with E-state index in [1.807, 2.05) is 18.2 Å². The quantitative estimate of drug-likeness (QED) is 0.211. The number of alkyl halides is 6. The molecule has 0 saturated heterocycles. The number of aromatic nitrogens is 2. The lowest BCUT2D eigenvalue weighted by atomic mass is 10.0. The minimum absolute atomic E-state index is 0.0491. The fraction of sp³-hybridized carbons (Fsp3) is 0.0870. The second kappa shape index (κ2) is 9.02. The number of fused-ring (bicyclic) bond motifs is 1. The molecule has 0 saturated carbocycles. The molecule has 35 heavy (non-hydrogen) atoms. The van der Waals surface area contributed by atoms with E-state index in [0.29, 0.717) is 23.3 Å². The van der Waals surface area contributed by atoms with Gasteiger partial charge in [-0.25, -0.2) is 9.97 Å². The summed E-state index contributed by atoms with van der Waals surface area (Å²) in [5.41, 5.74) is 5.14. The molecule has 0 unspecified atom stereocenters. The van der Waals surface area contributed by atoms with Crippen LogP contribution in [0.3, 0.4) is 0 Å². The first-order valence-electron chi connectivity index (χ1n) is 9.89. The van der Waals surface area contributed by atoms with Gasteiger partial charge in [0.1, 0.15) is 0 Å². The molecule has 5 nitrogen and oxygen atoms in total. The van der Waals surface area contributed by atoms with E-state index in [1.54, 1.807) is 30.5 Å². The van der Waals surface area contributed by atoms with Gasteiger partial charge in [-0.2, -0.15) is 26.3 Å². The summed E-state index contributed by atoms with van der Waals surface area (Å²) < 4.78 is 78.3. The van der Waals surface area contributed by atoms with Crippen molar-refractivity contribution < 1.29 is 26.3 Å². The average molecular weight is 507 g/mol. The molecule has 3 aromatic carbocycles. The first kappa shape index (κ1) is 24.2. The highest BCUT2D eigenvalue weighted by Crippen LogP contribution is 2.37. The highest BCUT2D eigenvalue weighted by molar-refractivity contribution is 7.80. The van der Waals surface area contributed by atoms with Crippen LogP contribution in [0.5, 0.6) is 0 Å². The molecule has 0 fully saturated rings.